The minimum Gasteiger partial charge on any atom is -0.464 e. The smallest absolute Gasteiger partial charge is 0.303 e. The zero-order chi connectivity index (χ0) is 16.4. The van der Waals surface area contributed by atoms with Crippen molar-refractivity contribution in [2.45, 2.75) is 70.9 Å². The molecule has 0 aromatic carbocycles. The number of carbonyl (C=O) groups is 3. The third-order valence-electron chi connectivity index (χ3n) is 4.30. The molecule has 0 bridgehead atoms. The number of ether oxygens (including phenoxy) is 3. The molecule has 2 rings (SSSR count). The highest BCUT2D eigenvalue weighted by atomic mass is 16.6. The summed E-state index contributed by atoms with van der Waals surface area (Å²) in [7, 11) is 0. The summed E-state index contributed by atoms with van der Waals surface area (Å²) in [5.41, 5.74) is 0. The Morgan fingerprint density at radius 3 is 2.09 bits per heavy atom. The molecule has 0 N–H and O–H groups in total. The molecule has 0 aliphatic carbocycles. The first kappa shape index (κ1) is 16.7. The summed E-state index contributed by atoms with van der Waals surface area (Å²) >= 11 is 0. The van der Waals surface area contributed by atoms with Gasteiger partial charge in [0.1, 0.15) is 6.61 Å². The lowest BCUT2D eigenvalue weighted by atomic mass is 10.0. The van der Waals surface area contributed by atoms with Crippen molar-refractivity contribution >= 4 is 17.9 Å². The van der Waals surface area contributed by atoms with Gasteiger partial charge in [0.25, 0.3) is 0 Å². The summed E-state index contributed by atoms with van der Waals surface area (Å²) in [6.07, 6.45) is 0.680. The number of fused-ring (bicyclic) bond motifs is 1. The number of carbonyl (C=O) groups excluding carboxylic acids is 3. The maximum atomic E-state index is 11.4. The maximum absolute atomic E-state index is 11.4. The highest BCUT2D eigenvalue weighted by Gasteiger charge is 2.56. The van der Waals surface area contributed by atoms with Crippen LogP contribution in [0.5, 0.6) is 0 Å². The third-order valence-corrected chi connectivity index (χ3v) is 4.30. The van der Waals surface area contributed by atoms with Crippen LogP contribution in [0.15, 0.2) is 0 Å². The van der Waals surface area contributed by atoms with Crippen molar-refractivity contribution in [2.75, 3.05) is 6.61 Å². The molecule has 0 unspecified atom stereocenters. The van der Waals surface area contributed by atoms with Gasteiger partial charge in [-0.25, -0.2) is 0 Å². The number of rotatable bonds is 4. The van der Waals surface area contributed by atoms with Gasteiger partial charge in [-0.1, -0.05) is 0 Å². The van der Waals surface area contributed by atoms with Crippen molar-refractivity contribution in [3.05, 3.63) is 0 Å². The van der Waals surface area contributed by atoms with Gasteiger partial charge >= 0.3 is 17.9 Å². The zero-order valence-electron chi connectivity index (χ0n) is 13.4. The molecule has 0 spiro atoms. The van der Waals surface area contributed by atoms with E-state index in [1.165, 1.54) is 20.8 Å². The lowest BCUT2D eigenvalue weighted by Crippen LogP contribution is -2.45. The lowest BCUT2D eigenvalue weighted by Gasteiger charge is -2.29. The topological polar surface area (TPSA) is 82.1 Å². The summed E-state index contributed by atoms with van der Waals surface area (Å²) in [6.45, 7) is 6.19. The van der Waals surface area contributed by atoms with E-state index in [0.29, 0.717) is 0 Å². The molecule has 0 saturated carbocycles. The standard InChI is InChI=1S/C15H23NO6/c1-8-5-6-12-14(21-10(3)18)15(22-11(4)19)13(16(8)12)7-20-9(2)17/h8,12-15H,5-7H2,1-4H3/t8-,12+,13+,14+,15-/m1/s1. The van der Waals surface area contributed by atoms with Gasteiger partial charge in [-0.2, -0.15) is 0 Å². The largest absolute Gasteiger partial charge is 0.464 e. The Labute approximate surface area is 129 Å². The molecule has 7 heteroatoms. The Balaban J connectivity index is 2.25. The van der Waals surface area contributed by atoms with E-state index in [9.17, 15) is 14.4 Å². The van der Waals surface area contributed by atoms with Gasteiger partial charge in [0.15, 0.2) is 12.2 Å². The molecule has 22 heavy (non-hydrogen) atoms. The minimum absolute atomic E-state index is 0.0104. The molecule has 2 saturated heterocycles. The molecule has 7 nitrogen and oxygen atoms in total. The van der Waals surface area contributed by atoms with E-state index in [1.807, 2.05) is 0 Å². The second-order valence-electron chi connectivity index (χ2n) is 5.96. The molecule has 0 aromatic rings. The van der Waals surface area contributed by atoms with Gasteiger partial charge in [0, 0.05) is 26.8 Å². The van der Waals surface area contributed by atoms with Crippen molar-refractivity contribution in [1.82, 2.24) is 4.90 Å². The van der Waals surface area contributed by atoms with Gasteiger partial charge in [-0.05, 0) is 19.8 Å². The quantitative estimate of drug-likeness (QED) is 0.556. The van der Waals surface area contributed by atoms with Crippen LogP contribution in [0, 0.1) is 0 Å². The number of esters is 3. The first-order valence-electron chi connectivity index (χ1n) is 7.56. The van der Waals surface area contributed by atoms with Crippen LogP contribution in [0.4, 0.5) is 0 Å². The van der Waals surface area contributed by atoms with Gasteiger partial charge in [-0.3, -0.25) is 19.3 Å². The summed E-state index contributed by atoms with van der Waals surface area (Å²) in [5.74, 6) is -1.24. The Bertz CT molecular complexity index is 465. The number of nitrogens with zero attached hydrogens (tertiary/aromatic N) is 1. The van der Waals surface area contributed by atoms with Crippen molar-refractivity contribution in [2.24, 2.45) is 0 Å². The molecular formula is C15H23NO6. The van der Waals surface area contributed by atoms with E-state index in [1.54, 1.807) is 0 Å². The SMILES string of the molecule is CC(=O)OC[C@H]1[C@@H](OC(C)=O)[C@@H](OC(C)=O)[C@@H]2CC[C@@H](C)N21. The summed E-state index contributed by atoms with van der Waals surface area (Å²) in [5, 5.41) is 0. The van der Waals surface area contributed by atoms with Crippen LogP contribution in [-0.4, -0.2) is 59.7 Å². The molecule has 2 heterocycles. The summed E-state index contributed by atoms with van der Waals surface area (Å²) in [6, 6.07) is -0.0485. The maximum Gasteiger partial charge on any atom is 0.303 e. The van der Waals surface area contributed by atoms with Crippen molar-refractivity contribution < 1.29 is 28.6 Å². The Morgan fingerprint density at radius 2 is 1.55 bits per heavy atom. The van der Waals surface area contributed by atoms with Gasteiger partial charge < -0.3 is 14.2 Å². The Hall–Kier alpha value is -1.63. The van der Waals surface area contributed by atoms with Crippen LogP contribution in [0.1, 0.15) is 40.5 Å². The highest BCUT2D eigenvalue weighted by Crippen LogP contribution is 2.40. The number of hydrogen-bond donors (Lipinski definition) is 0. The highest BCUT2D eigenvalue weighted by molar-refractivity contribution is 5.68. The van der Waals surface area contributed by atoms with Crippen molar-refractivity contribution in [3.8, 4) is 0 Å². The summed E-state index contributed by atoms with van der Waals surface area (Å²) < 4.78 is 16.0. The molecule has 124 valence electrons. The average Bonchev–Trinajstić information content (AvgIpc) is 2.88. The first-order valence-corrected chi connectivity index (χ1v) is 7.56. The van der Waals surface area contributed by atoms with Gasteiger partial charge in [-0.15, -0.1) is 0 Å². The van der Waals surface area contributed by atoms with Crippen LogP contribution >= 0.6 is 0 Å². The number of hydrogen-bond acceptors (Lipinski definition) is 7. The predicted octanol–water partition coefficient (Wildman–Crippen LogP) is 0.648. The molecule has 0 amide bonds. The molecule has 2 aliphatic heterocycles. The fourth-order valence-electron chi connectivity index (χ4n) is 3.61. The normalized spacial score (nSPS) is 34.1. The van der Waals surface area contributed by atoms with Crippen molar-refractivity contribution in [3.63, 3.8) is 0 Å². The second kappa shape index (κ2) is 6.64. The van der Waals surface area contributed by atoms with E-state index in [4.69, 9.17) is 14.2 Å². The van der Waals surface area contributed by atoms with E-state index in [-0.39, 0.29) is 30.7 Å². The van der Waals surface area contributed by atoms with Crippen LogP contribution in [0.3, 0.4) is 0 Å². The molecule has 0 radical (unpaired) electrons. The van der Waals surface area contributed by atoms with E-state index < -0.39 is 24.1 Å². The predicted molar refractivity (Wildman–Crippen MR) is 75.9 cm³/mol. The molecule has 0 aromatic heterocycles. The minimum atomic E-state index is -0.617. The van der Waals surface area contributed by atoms with Gasteiger partial charge in [0.2, 0.25) is 0 Å². The van der Waals surface area contributed by atoms with E-state index in [2.05, 4.69) is 11.8 Å². The fraction of sp³-hybridized carbons (Fsp3) is 0.800. The van der Waals surface area contributed by atoms with Crippen LogP contribution in [0.2, 0.25) is 0 Å². The molecule has 2 fully saturated rings. The average molecular weight is 313 g/mol. The zero-order valence-corrected chi connectivity index (χ0v) is 13.4. The van der Waals surface area contributed by atoms with Crippen molar-refractivity contribution in [1.29, 1.82) is 0 Å². The van der Waals surface area contributed by atoms with Gasteiger partial charge in [0.05, 0.1) is 12.1 Å². The Kier molecular flexibility index (Phi) is 5.05. The monoisotopic (exact) mass is 313 g/mol. The van der Waals surface area contributed by atoms with Crippen LogP contribution < -0.4 is 0 Å². The fourth-order valence-corrected chi connectivity index (χ4v) is 3.61. The van der Waals surface area contributed by atoms with E-state index >= 15 is 0 Å². The molecular weight excluding hydrogens is 290 g/mol. The second-order valence-corrected chi connectivity index (χ2v) is 5.96. The summed E-state index contributed by atoms with van der Waals surface area (Å²) in [4.78, 5) is 36.1. The third kappa shape index (κ3) is 3.40. The van der Waals surface area contributed by atoms with Crippen LogP contribution in [-0.2, 0) is 28.6 Å². The van der Waals surface area contributed by atoms with E-state index in [0.717, 1.165) is 12.8 Å². The van der Waals surface area contributed by atoms with Crippen LogP contribution in [0.25, 0.3) is 0 Å². The first-order chi connectivity index (χ1) is 10.3. The molecule has 5 atom stereocenters. The lowest BCUT2D eigenvalue weighted by molar-refractivity contribution is -0.165. The Morgan fingerprint density at radius 1 is 0.955 bits per heavy atom. The molecule has 2 aliphatic rings.